The number of amides is 1. The normalized spacial score (nSPS) is 16.9. The Hall–Kier alpha value is -3.61. The lowest BCUT2D eigenvalue weighted by Crippen LogP contribution is -2.42. The van der Waals surface area contributed by atoms with E-state index in [4.69, 9.17) is 5.11 Å². The summed E-state index contributed by atoms with van der Waals surface area (Å²) in [6, 6.07) is 2.13. The molecule has 6 rings (SSSR count). The van der Waals surface area contributed by atoms with Gasteiger partial charge >= 0.3 is 0 Å². The van der Waals surface area contributed by atoms with E-state index in [9.17, 15) is 9.59 Å². The third-order valence-electron chi connectivity index (χ3n) is 6.72. The third-order valence-corrected chi connectivity index (χ3v) is 7.86. The average Bonchev–Trinajstić information content (AvgIpc) is 3.55. The van der Waals surface area contributed by atoms with Crippen LogP contribution in [-0.4, -0.2) is 71.0 Å². The van der Waals surface area contributed by atoms with Crippen LogP contribution in [0.15, 0.2) is 35.6 Å². The average molecular weight is 507 g/mol. The highest BCUT2D eigenvalue weighted by atomic mass is 32.1. The second-order valence-electron chi connectivity index (χ2n) is 9.22. The summed E-state index contributed by atoms with van der Waals surface area (Å²) in [4.78, 5) is 37.0. The van der Waals surface area contributed by atoms with Crippen LogP contribution in [-0.2, 0) is 11.3 Å². The van der Waals surface area contributed by atoms with E-state index in [1.165, 1.54) is 17.8 Å². The maximum Gasteiger partial charge on any atom is 0.261 e. The molecule has 5 aromatic heterocycles. The van der Waals surface area contributed by atoms with Gasteiger partial charge in [0.15, 0.2) is 0 Å². The van der Waals surface area contributed by atoms with E-state index in [0.717, 1.165) is 29.8 Å². The van der Waals surface area contributed by atoms with E-state index in [-0.39, 0.29) is 18.1 Å². The van der Waals surface area contributed by atoms with Crippen LogP contribution in [0.5, 0.6) is 0 Å². The number of carbonyl (C=O) groups is 1. The van der Waals surface area contributed by atoms with E-state index in [0.29, 0.717) is 51.6 Å². The maximum atomic E-state index is 13.1. The number of rotatable bonds is 6. The molecule has 36 heavy (non-hydrogen) atoms. The van der Waals surface area contributed by atoms with Gasteiger partial charge < -0.3 is 15.4 Å². The molecule has 1 aliphatic heterocycles. The molecule has 12 heteroatoms. The quantitative estimate of drug-likeness (QED) is 0.322. The van der Waals surface area contributed by atoms with Crippen LogP contribution in [0.1, 0.15) is 26.2 Å². The van der Waals surface area contributed by atoms with Gasteiger partial charge in [0, 0.05) is 24.0 Å². The summed E-state index contributed by atoms with van der Waals surface area (Å²) in [5.74, 6) is -0.0920. The topological polar surface area (TPSA) is 133 Å². The van der Waals surface area contributed by atoms with Crippen molar-refractivity contribution in [3.05, 3.63) is 41.2 Å². The summed E-state index contributed by atoms with van der Waals surface area (Å²) in [6.07, 6.45) is 10.5. The molecule has 5 aromatic rings. The highest BCUT2D eigenvalue weighted by Crippen LogP contribution is 2.33. The van der Waals surface area contributed by atoms with E-state index in [1.54, 1.807) is 27.7 Å². The minimum Gasteiger partial charge on any atom is -0.394 e. The van der Waals surface area contributed by atoms with Crippen molar-refractivity contribution in [2.75, 3.05) is 25.0 Å². The smallest absolute Gasteiger partial charge is 0.261 e. The fourth-order valence-corrected chi connectivity index (χ4v) is 5.91. The molecule has 0 aromatic carbocycles. The number of nitrogens with zero attached hydrogens (tertiary/aromatic N) is 6. The number of hydrogen-bond acceptors (Lipinski definition) is 8. The van der Waals surface area contributed by atoms with Crippen molar-refractivity contribution < 1.29 is 9.90 Å². The fourth-order valence-electron chi connectivity index (χ4n) is 4.84. The van der Waals surface area contributed by atoms with Crippen LogP contribution < -0.4 is 10.9 Å². The molecule has 186 valence electrons. The van der Waals surface area contributed by atoms with Crippen LogP contribution in [0, 0.1) is 0 Å². The number of carbonyl (C=O) groups excluding carboxylic acids is 1. The van der Waals surface area contributed by atoms with Gasteiger partial charge in [-0.15, -0.1) is 11.3 Å². The summed E-state index contributed by atoms with van der Waals surface area (Å²) in [5, 5.41) is 21.4. The molecule has 0 saturated carbocycles. The number of hydrogen-bond donors (Lipinski definition) is 3. The van der Waals surface area contributed by atoms with Gasteiger partial charge in [0.05, 0.1) is 48.2 Å². The van der Waals surface area contributed by atoms with E-state index in [1.807, 2.05) is 12.4 Å². The summed E-state index contributed by atoms with van der Waals surface area (Å²) in [6.45, 7) is 3.86. The lowest BCUT2D eigenvalue weighted by molar-refractivity contribution is -0.118. The largest absolute Gasteiger partial charge is 0.394 e. The van der Waals surface area contributed by atoms with Gasteiger partial charge in [0.1, 0.15) is 21.3 Å². The summed E-state index contributed by atoms with van der Waals surface area (Å²) in [7, 11) is 0. The van der Waals surface area contributed by atoms with E-state index in [2.05, 4.69) is 37.3 Å². The predicted octanol–water partition coefficient (Wildman–Crippen LogP) is 2.45. The lowest BCUT2D eigenvalue weighted by Gasteiger charge is -2.32. The molecule has 0 spiro atoms. The van der Waals surface area contributed by atoms with Crippen molar-refractivity contribution in [2.24, 2.45) is 0 Å². The minimum atomic E-state index is -0.260. The summed E-state index contributed by atoms with van der Waals surface area (Å²) in [5.41, 5.74) is 2.78. The van der Waals surface area contributed by atoms with Gasteiger partial charge in [-0.05, 0) is 32.4 Å². The Morgan fingerprint density at radius 2 is 2.17 bits per heavy atom. The number of likely N-dealkylation sites (tertiary alicyclic amines) is 1. The number of H-pyrrole nitrogens is 1. The molecule has 0 unspecified atom stereocenters. The zero-order valence-electron chi connectivity index (χ0n) is 19.8. The Morgan fingerprint density at radius 1 is 1.28 bits per heavy atom. The van der Waals surface area contributed by atoms with Gasteiger partial charge in [-0.1, -0.05) is 6.42 Å². The summed E-state index contributed by atoms with van der Waals surface area (Å²) < 4.78 is 3.36. The number of piperidine rings is 1. The zero-order chi connectivity index (χ0) is 24.8. The van der Waals surface area contributed by atoms with Crippen LogP contribution in [0.2, 0.25) is 0 Å². The molecule has 0 aliphatic carbocycles. The monoisotopic (exact) mass is 506 g/mol. The molecule has 1 aliphatic rings. The Kier molecular flexibility index (Phi) is 5.78. The molecular weight excluding hydrogens is 480 g/mol. The molecule has 1 saturated heterocycles. The number of aromatic nitrogens is 6. The third kappa shape index (κ3) is 4.06. The Labute approximate surface area is 209 Å². The number of aromatic amines is 1. The van der Waals surface area contributed by atoms with Crippen molar-refractivity contribution >= 4 is 49.7 Å². The fraction of sp³-hybridized carbons (Fsp3) is 0.375. The van der Waals surface area contributed by atoms with Crippen molar-refractivity contribution in [1.82, 2.24) is 34.3 Å². The SMILES string of the molecule is C[C@H]1CCCCN1CC(=O)Nc1cnc2c(c1)[nH]c(=O)c1c2nn2cc(-c3cnn(CCO)c3)sc12. The molecular formula is C24H26N8O3S. The first-order valence-corrected chi connectivity index (χ1v) is 12.8. The van der Waals surface area contributed by atoms with Crippen molar-refractivity contribution in [3.63, 3.8) is 0 Å². The van der Waals surface area contributed by atoms with Gasteiger partial charge in [-0.2, -0.15) is 10.2 Å². The van der Waals surface area contributed by atoms with Crippen LogP contribution >= 0.6 is 11.3 Å². The highest BCUT2D eigenvalue weighted by molar-refractivity contribution is 7.21. The molecule has 0 radical (unpaired) electrons. The number of pyridine rings is 2. The van der Waals surface area contributed by atoms with Gasteiger partial charge in [0.2, 0.25) is 5.91 Å². The highest BCUT2D eigenvalue weighted by Gasteiger charge is 2.21. The number of aliphatic hydroxyl groups excluding tert-OH is 1. The second-order valence-corrected chi connectivity index (χ2v) is 10.3. The van der Waals surface area contributed by atoms with E-state index < -0.39 is 0 Å². The Bertz CT molecular complexity index is 1650. The standard InChI is InChI=1S/C24H26N8O3S/c1-14-4-2-3-5-30(14)13-19(34)27-16-8-17-21(25-10-16)22-20(23(35)28-17)24-32(29-22)12-18(36-24)15-9-26-31(11-15)6-7-33/h8-12,14,33H,2-7,13H2,1H3,(H,27,34)(H,28,35)/t14-/m0/s1. The molecule has 11 nitrogen and oxygen atoms in total. The van der Waals surface area contributed by atoms with Gasteiger partial charge in [-0.25, -0.2) is 4.52 Å². The number of anilines is 1. The van der Waals surface area contributed by atoms with Crippen molar-refractivity contribution in [2.45, 2.75) is 38.8 Å². The first-order chi connectivity index (χ1) is 17.5. The molecule has 1 atom stereocenters. The first-order valence-electron chi connectivity index (χ1n) is 12.0. The number of nitrogens with one attached hydrogen (secondary N) is 2. The van der Waals surface area contributed by atoms with Crippen LogP contribution in [0.25, 0.3) is 37.2 Å². The van der Waals surface area contributed by atoms with Crippen molar-refractivity contribution in [1.29, 1.82) is 0 Å². The second kappa shape index (κ2) is 9.12. The Morgan fingerprint density at radius 3 is 3.00 bits per heavy atom. The van der Waals surface area contributed by atoms with Gasteiger partial charge in [0.25, 0.3) is 5.56 Å². The lowest BCUT2D eigenvalue weighted by atomic mass is 10.0. The maximum absolute atomic E-state index is 13.1. The minimum absolute atomic E-state index is 0.0119. The molecule has 0 bridgehead atoms. The van der Waals surface area contributed by atoms with Crippen LogP contribution in [0.4, 0.5) is 5.69 Å². The predicted molar refractivity (Wildman–Crippen MR) is 138 cm³/mol. The first kappa shape index (κ1) is 22.8. The van der Waals surface area contributed by atoms with Crippen LogP contribution in [0.3, 0.4) is 0 Å². The number of fused-ring (bicyclic) bond motifs is 5. The molecule has 3 N–H and O–H groups in total. The Balaban J connectivity index is 1.30. The number of aliphatic hydroxyl groups is 1. The number of thiazole rings is 1. The van der Waals surface area contributed by atoms with Gasteiger partial charge in [-0.3, -0.25) is 24.2 Å². The summed E-state index contributed by atoms with van der Waals surface area (Å²) >= 11 is 1.44. The molecule has 1 fully saturated rings. The van der Waals surface area contributed by atoms with E-state index >= 15 is 0 Å². The van der Waals surface area contributed by atoms with Crippen molar-refractivity contribution in [3.8, 4) is 10.4 Å². The molecule has 1 amide bonds. The molecule has 6 heterocycles. The zero-order valence-corrected chi connectivity index (χ0v) is 20.6.